The van der Waals surface area contributed by atoms with E-state index >= 15 is 0 Å². The van der Waals surface area contributed by atoms with E-state index in [9.17, 15) is 9.59 Å². The van der Waals surface area contributed by atoms with E-state index in [1.807, 2.05) is 71.4 Å². The molecule has 2 N–H and O–H groups in total. The highest BCUT2D eigenvalue weighted by Crippen LogP contribution is 2.24. The van der Waals surface area contributed by atoms with E-state index < -0.39 is 0 Å². The van der Waals surface area contributed by atoms with Crippen LogP contribution < -0.4 is 15.5 Å². The molecule has 3 aromatic carbocycles. The fraction of sp³-hybridized carbons (Fsp3) is 0.143. The van der Waals surface area contributed by atoms with E-state index in [1.54, 1.807) is 17.9 Å². The number of thiazole rings is 1. The number of fused-ring (bicyclic) bond motifs is 1. The highest BCUT2D eigenvalue weighted by Gasteiger charge is 2.14. The number of ether oxygens (including phenoxy) is 1. The van der Waals surface area contributed by atoms with Crippen LogP contribution in [0.2, 0.25) is 0 Å². The second-order valence-electron chi connectivity index (χ2n) is 8.80. The number of hydrogen-bond acceptors (Lipinski definition) is 7. The smallest absolute Gasteiger partial charge is 0.267 e. The van der Waals surface area contributed by atoms with Gasteiger partial charge in [0.1, 0.15) is 4.88 Å². The Hall–Kier alpha value is -4.54. The van der Waals surface area contributed by atoms with Gasteiger partial charge < -0.3 is 20.3 Å². The number of benzene rings is 3. The Bertz CT molecular complexity index is 1570. The Kier molecular flexibility index (Phi) is 6.55. The van der Waals surface area contributed by atoms with Crippen LogP contribution in [-0.4, -0.2) is 52.9 Å². The van der Waals surface area contributed by atoms with E-state index in [4.69, 9.17) is 4.74 Å². The van der Waals surface area contributed by atoms with E-state index in [-0.39, 0.29) is 11.8 Å². The van der Waals surface area contributed by atoms with Gasteiger partial charge in [-0.1, -0.05) is 0 Å². The van der Waals surface area contributed by atoms with Gasteiger partial charge in [0.05, 0.1) is 42.3 Å². The topological polar surface area (TPSA) is 101 Å². The summed E-state index contributed by atoms with van der Waals surface area (Å²) in [7, 11) is 0. The zero-order chi connectivity index (χ0) is 25.9. The predicted molar refractivity (Wildman–Crippen MR) is 149 cm³/mol. The molecule has 2 amide bonds. The minimum absolute atomic E-state index is 0.166. The van der Waals surface area contributed by atoms with Gasteiger partial charge in [-0.2, -0.15) is 5.10 Å². The second kappa shape index (κ2) is 10.4. The molecular formula is C28H24N6O3S. The van der Waals surface area contributed by atoms with Crippen molar-refractivity contribution >= 4 is 51.1 Å². The molecule has 1 saturated heterocycles. The lowest BCUT2D eigenvalue weighted by Crippen LogP contribution is -2.36. The Balaban J connectivity index is 1.13. The standard InChI is InChI=1S/C28H24N6O3S/c35-27(19-1-6-23(7-2-19)33-11-13-37-14-12-33)32-22-5-10-25-20(15-22)16-30-34(25)24-8-3-21(4-9-24)31-28(36)26-17-29-18-38-26/h1-10,15-18H,11-14H2,(H,31,36)(H,32,35). The molecule has 9 nitrogen and oxygen atoms in total. The first kappa shape index (κ1) is 23.8. The summed E-state index contributed by atoms with van der Waals surface area (Å²) in [5.74, 6) is -0.353. The normalized spacial score (nSPS) is 13.4. The first-order chi connectivity index (χ1) is 18.6. The number of rotatable bonds is 6. The summed E-state index contributed by atoms with van der Waals surface area (Å²) < 4.78 is 7.23. The second-order valence-corrected chi connectivity index (χ2v) is 9.68. The molecule has 0 radical (unpaired) electrons. The van der Waals surface area contributed by atoms with Gasteiger partial charge in [-0.15, -0.1) is 11.3 Å². The van der Waals surface area contributed by atoms with Crippen molar-refractivity contribution in [3.8, 4) is 5.69 Å². The Labute approximate surface area is 222 Å². The minimum atomic E-state index is -0.188. The third kappa shape index (κ3) is 4.99. The van der Waals surface area contributed by atoms with Crippen LogP contribution in [0, 0.1) is 0 Å². The van der Waals surface area contributed by atoms with Crippen LogP contribution in [0.4, 0.5) is 17.1 Å². The average Bonchev–Trinajstić information content (AvgIpc) is 3.65. The lowest BCUT2D eigenvalue weighted by atomic mass is 10.1. The van der Waals surface area contributed by atoms with Gasteiger partial charge in [0.25, 0.3) is 11.8 Å². The third-order valence-corrected chi connectivity index (χ3v) is 7.13. The number of carbonyl (C=O) groups is 2. The van der Waals surface area contributed by atoms with E-state index in [2.05, 4.69) is 25.6 Å². The van der Waals surface area contributed by atoms with E-state index in [0.29, 0.717) is 21.8 Å². The Morgan fingerprint density at radius 2 is 1.53 bits per heavy atom. The molecule has 5 aromatic rings. The fourth-order valence-electron chi connectivity index (χ4n) is 4.37. The van der Waals surface area contributed by atoms with Crippen LogP contribution in [0.3, 0.4) is 0 Å². The van der Waals surface area contributed by atoms with Crippen LogP contribution in [0.25, 0.3) is 16.6 Å². The van der Waals surface area contributed by atoms with E-state index in [0.717, 1.165) is 48.6 Å². The van der Waals surface area contributed by atoms with Gasteiger partial charge in [0.15, 0.2) is 0 Å². The molecule has 38 heavy (non-hydrogen) atoms. The summed E-state index contributed by atoms with van der Waals surface area (Å²) in [4.78, 5) is 31.8. The first-order valence-electron chi connectivity index (χ1n) is 12.2. The molecule has 6 rings (SSSR count). The first-order valence-corrected chi connectivity index (χ1v) is 13.0. The van der Waals surface area contributed by atoms with Gasteiger partial charge in [-0.3, -0.25) is 14.6 Å². The minimum Gasteiger partial charge on any atom is -0.378 e. The van der Waals surface area contributed by atoms with Crippen molar-refractivity contribution in [1.29, 1.82) is 0 Å². The monoisotopic (exact) mass is 524 g/mol. The zero-order valence-electron chi connectivity index (χ0n) is 20.3. The number of anilines is 3. The lowest BCUT2D eigenvalue weighted by Gasteiger charge is -2.28. The number of amides is 2. The maximum atomic E-state index is 12.8. The molecule has 1 aliphatic heterocycles. The predicted octanol–water partition coefficient (Wildman–Crippen LogP) is 4.82. The summed E-state index contributed by atoms with van der Waals surface area (Å²) in [5.41, 5.74) is 6.45. The molecule has 0 atom stereocenters. The van der Waals surface area contributed by atoms with Crippen molar-refractivity contribution in [2.45, 2.75) is 0 Å². The maximum Gasteiger partial charge on any atom is 0.267 e. The number of hydrogen-bond donors (Lipinski definition) is 2. The van der Waals surface area contributed by atoms with Crippen molar-refractivity contribution in [3.63, 3.8) is 0 Å². The van der Waals surface area contributed by atoms with Gasteiger partial charge in [0.2, 0.25) is 0 Å². The molecular weight excluding hydrogens is 500 g/mol. The fourth-order valence-corrected chi connectivity index (χ4v) is 4.89. The van der Waals surface area contributed by atoms with Crippen molar-refractivity contribution in [2.24, 2.45) is 0 Å². The maximum absolute atomic E-state index is 12.8. The molecule has 3 heterocycles. The Morgan fingerprint density at radius 3 is 2.26 bits per heavy atom. The molecule has 0 spiro atoms. The molecule has 190 valence electrons. The molecule has 1 aliphatic rings. The quantitative estimate of drug-likeness (QED) is 0.330. The van der Waals surface area contributed by atoms with Crippen molar-refractivity contribution in [2.75, 3.05) is 41.8 Å². The molecule has 10 heteroatoms. The molecule has 0 aliphatic carbocycles. The zero-order valence-corrected chi connectivity index (χ0v) is 21.1. The number of morpholine rings is 1. The van der Waals surface area contributed by atoms with Gasteiger partial charge in [-0.05, 0) is 66.7 Å². The van der Waals surface area contributed by atoms with Crippen LogP contribution >= 0.6 is 11.3 Å². The summed E-state index contributed by atoms with van der Waals surface area (Å²) in [6, 6.07) is 20.8. The summed E-state index contributed by atoms with van der Waals surface area (Å²) in [6.07, 6.45) is 3.31. The van der Waals surface area contributed by atoms with Crippen LogP contribution in [0.1, 0.15) is 20.0 Å². The third-order valence-electron chi connectivity index (χ3n) is 6.36. The van der Waals surface area contributed by atoms with E-state index in [1.165, 1.54) is 11.3 Å². The summed E-state index contributed by atoms with van der Waals surface area (Å²) in [6.45, 7) is 3.15. The molecule has 0 saturated carbocycles. The number of nitrogens with one attached hydrogen (secondary N) is 2. The highest BCUT2D eigenvalue weighted by molar-refractivity contribution is 7.11. The van der Waals surface area contributed by atoms with Crippen molar-refractivity contribution < 1.29 is 14.3 Å². The summed E-state index contributed by atoms with van der Waals surface area (Å²) in [5, 5.41) is 11.3. The van der Waals surface area contributed by atoms with Crippen molar-refractivity contribution in [1.82, 2.24) is 14.8 Å². The number of nitrogens with zero attached hydrogens (tertiary/aromatic N) is 4. The Morgan fingerprint density at radius 1 is 0.816 bits per heavy atom. The van der Waals surface area contributed by atoms with Crippen molar-refractivity contribution in [3.05, 3.63) is 95.1 Å². The number of carbonyl (C=O) groups excluding carboxylic acids is 2. The lowest BCUT2D eigenvalue weighted by molar-refractivity contribution is 0.102. The molecule has 2 aromatic heterocycles. The van der Waals surface area contributed by atoms with Crippen LogP contribution in [0.15, 0.2) is 84.6 Å². The highest BCUT2D eigenvalue weighted by atomic mass is 32.1. The molecule has 0 unspecified atom stereocenters. The van der Waals surface area contributed by atoms with Gasteiger partial charge >= 0.3 is 0 Å². The molecule has 1 fully saturated rings. The van der Waals surface area contributed by atoms with Crippen LogP contribution in [-0.2, 0) is 4.74 Å². The van der Waals surface area contributed by atoms with Crippen LogP contribution in [0.5, 0.6) is 0 Å². The molecule has 0 bridgehead atoms. The summed E-state index contributed by atoms with van der Waals surface area (Å²) >= 11 is 1.29. The average molecular weight is 525 g/mol. The van der Waals surface area contributed by atoms with Gasteiger partial charge in [-0.25, -0.2) is 4.68 Å². The number of aromatic nitrogens is 3. The van der Waals surface area contributed by atoms with Gasteiger partial charge in [0, 0.05) is 41.1 Å². The largest absolute Gasteiger partial charge is 0.378 e. The SMILES string of the molecule is O=C(Nc1ccc2c(cnn2-c2ccc(NC(=O)c3cncs3)cc2)c1)c1ccc(N2CCOCC2)cc1.